The second-order valence-corrected chi connectivity index (χ2v) is 8.89. The third kappa shape index (κ3) is 7.90. The normalized spacial score (nSPS) is 11.8. The zero-order valence-corrected chi connectivity index (χ0v) is 22.1. The Bertz CT molecular complexity index is 1180. The average molecular weight is 529 g/mol. The zero-order valence-electron chi connectivity index (χ0n) is 20.6. The molecule has 1 atom stereocenters. The van der Waals surface area contributed by atoms with Crippen molar-refractivity contribution in [2.45, 2.75) is 33.1 Å². The molecule has 0 aliphatic carbocycles. The number of nitrogens with zero attached hydrogens (tertiary/aromatic N) is 1. The van der Waals surface area contributed by atoms with Crippen molar-refractivity contribution >= 4 is 35.3 Å². The molecular formula is C28H30Cl2N2O4. The molecule has 0 saturated heterocycles. The van der Waals surface area contributed by atoms with Crippen LogP contribution in [0.4, 0.5) is 0 Å². The van der Waals surface area contributed by atoms with Crippen LogP contribution in [0.3, 0.4) is 0 Å². The minimum atomic E-state index is -0.376. The molecule has 0 radical (unpaired) electrons. The Hall–Kier alpha value is -3.22. The fraction of sp³-hybridized carbons (Fsp3) is 0.286. The quantitative estimate of drug-likeness (QED) is 0.154. The lowest BCUT2D eigenvalue weighted by Crippen LogP contribution is -2.17. The predicted molar refractivity (Wildman–Crippen MR) is 145 cm³/mol. The van der Waals surface area contributed by atoms with Crippen LogP contribution >= 0.6 is 23.2 Å². The van der Waals surface area contributed by atoms with Crippen LogP contribution in [0.5, 0.6) is 17.2 Å². The van der Waals surface area contributed by atoms with Crippen LogP contribution in [-0.4, -0.2) is 31.9 Å². The minimum Gasteiger partial charge on any atom is -0.490 e. The maximum absolute atomic E-state index is 12.2. The van der Waals surface area contributed by atoms with Crippen LogP contribution in [0.2, 0.25) is 10.0 Å². The number of nitrogens with one attached hydrogen (secondary N) is 1. The van der Waals surface area contributed by atoms with Crippen molar-refractivity contribution < 1.29 is 19.0 Å². The van der Waals surface area contributed by atoms with Gasteiger partial charge in [0.05, 0.1) is 17.8 Å². The highest BCUT2D eigenvalue weighted by Gasteiger charge is 2.13. The summed E-state index contributed by atoms with van der Waals surface area (Å²) in [7, 11) is 0. The Kier molecular flexibility index (Phi) is 10.5. The molecule has 0 spiro atoms. The fourth-order valence-electron chi connectivity index (χ4n) is 3.36. The van der Waals surface area contributed by atoms with Gasteiger partial charge in [0.1, 0.15) is 19.0 Å². The number of hydrogen-bond acceptors (Lipinski definition) is 5. The van der Waals surface area contributed by atoms with Gasteiger partial charge in [0.25, 0.3) is 5.91 Å². The first-order chi connectivity index (χ1) is 17.4. The van der Waals surface area contributed by atoms with Crippen molar-refractivity contribution in [1.82, 2.24) is 5.43 Å². The first-order valence-electron chi connectivity index (χ1n) is 11.8. The SMILES string of the molecule is CCOc1cc(/C=N\NC(=O)c2cccc(Cl)c2)cc(Cl)c1OCCOc1ccc([C@H](C)CC)cc1. The Morgan fingerprint density at radius 1 is 1.00 bits per heavy atom. The van der Waals surface area contributed by atoms with E-state index in [1.165, 1.54) is 11.8 Å². The van der Waals surface area contributed by atoms with Crippen LogP contribution in [0.15, 0.2) is 65.8 Å². The van der Waals surface area contributed by atoms with E-state index < -0.39 is 0 Å². The van der Waals surface area contributed by atoms with E-state index >= 15 is 0 Å². The van der Waals surface area contributed by atoms with Crippen molar-refractivity contribution in [3.05, 3.63) is 87.4 Å². The van der Waals surface area contributed by atoms with Crippen molar-refractivity contribution in [3.8, 4) is 17.2 Å². The van der Waals surface area contributed by atoms with E-state index in [9.17, 15) is 4.79 Å². The van der Waals surface area contributed by atoms with Gasteiger partial charge in [-0.25, -0.2) is 5.43 Å². The lowest BCUT2D eigenvalue weighted by atomic mass is 9.99. The molecule has 0 fully saturated rings. The number of rotatable bonds is 12. The second kappa shape index (κ2) is 13.8. The molecule has 0 heterocycles. The van der Waals surface area contributed by atoms with E-state index in [1.54, 1.807) is 36.4 Å². The maximum atomic E-state index is 12.2. The molecule has 3 aromatic carbocycles. The largest absolute Gasteiger partial charge is 0.490 e. The summed E-state index contributed by atoms with van der Waals surface area (Å²) in [5.41, 5.74) is 4.81. The summed E-state index contributed by atoms with van der Waals surface area (Å²) in [6.07, 6.45) is 2.58. The van der Waals surface area contributed by atoms with Crippen molar-refractivity contribution in [2.24, 2.45) is 5.10 Å². The number of amides is 1. The number of hydrogen-bond donors (Lipinski definition) is 1. The summed E-state index contributed by atoms with van der Waals surface area (Å²) in [4.78, 5) is 12.2. The number of ether oxygens (including phenoxy) is 3. The highest BCUT2D eigenvalue weighted by atomic mass is 35.5. The summed E-state index contributed by atoms with van der Waals surface area (Å²) < 4.78 is 17.4. The van der Waals surface area contributed by atoms with Crippen molar-refractivity contribution in [2.75, 3.05) is 19.8 Å². The van der Waals surface area contributed by atoms with Gasteiger partial charge in [0.15, 0.2) is 11.5 Å². The van der Waals surface area contributed by atoms with E-state index in [-0.39, 0.29) is 12.5 Å². The molecule has 0 aliphatic heterocycles. The fourth-order valence-corrected chi connectivity index (χ4v) is 3.82. The summed E-state index contributed by atoms with van der Waals surface area (Å²) >= 11 is 12.4. The molecule has 8 heteroatoms. The maximum Gasteiger partial charge on any atom is 0.271 e. The number of halogens is 2. The van der Waals surface area contributed by atoms with Gasteiger partial charge in [0.2, 0.25) is 0 Å². The van der Waals surface area contributed by atoms with Gasteiger partial charge >= 0.3 is 0 Å². The predicted octanol–water partition coefficient (Wildman–Crippen LogP) is 7.13. The number of benzene rings is 3. The Morgan fingerprint density at radius 2 is 1.75 bits per heavy atom. The van der Waals surface area contributed by atoms with Crippen molar-refractivity contribution in [1.29, 1.82) is 0 Å². The zero-order chi connectivity index (χ0) is 25.9. The molecule has 6 nitrogen and oxygen atoms in total. The number of carbonyl (C=O) groups excluding carboxylic acids is 1. The van der Waals surface area contributed by atoms with Crippen molar-refractivity contribution in [3.63, 3.8) is 0 Å². The molecule has 190 valence electrons. The van der Waals surface area contributed by atoms with Crippen LogP contribution in [0.1, 0.15) is 54.6 Å². The molecule has 0 aromatic heterocycles. The monoisotopic (exact) mass is 528 g/mol. The van der Waals surface area contributed by atoms with Crippen LogP contribution in [-0.2, 0) is 0 Å². The first-order valence-corrected chi connectivity index (χ1v) is 12.6. The third-order valence-electron chi connectivity index (χ3n) is 5.46. The molecular weight excluding hydrogens is 499 g/mol. The smallest absolute Gasteiger partial charge is 0.271 e. The molecule has 1 N–H and O–H groups in total. The Morgan fingerprint density at radius 3 is 2.44 bits per heavy atom. The highest BCUT2D eigenvalue weighted by Crippen LogP contribution is 2.36. The summed E-state index contributed by atoms with van der Waals surface area (Å²) in [6.45, 7) is 7.32. The first kappa shape index (κ1) is 27.4. The lowest BCUT2D eigenvalue weighted by molar-refractivity contribution is 0.0955. The van der Waals surface area contributed by atoms with E-state index in [1.807, 2.05) is 19.1 Å². The van der Waals surface area contributed by atoms with Crippen LogP contribution in [0, 0.1) is 0 Å². The van der Waals surface area contributed by atoms with Gasteiger partial charge in [-0.1, -0.05) is 55.2 Å². The molecule has 36 heavy (non-hydrogen) atoms. The molecule has 0 bridgehead atoms. The van der Waals surface area contributed by atoms with E-state index in [4.69, 9.17) is 37.4 Å². The van der Waals surface area contributed by atoms with E-state index in [2.05, 4.69) is 36.5 Å². The van der Waals surface area contributed by atoms with Gasteiger partial charge in [-0.15, -0.1) is 0 Å². The van der Waals surface area contributed by atoms with Gasteiger partial charge in [-0.05, 0) is 72.9 Å². The molecule has 3 aromatic rings. The minimum absolute atomic E-state index is 0.288. The standard InChI is InChI=1S/C28H30Cl2N2O4/c1-4-19(3)21-9-11-24(12-10-21)35-13-14-36-27-25(30)15-20(16-26(27)34-5-2)18-31-32-28(33)22-7-6-8-23(29)17-22/h6-12,15-19H,4-5,13-14H2,1-3H3,(H,32,33)/b31-18-/t19-/m1/s1. The summed E-state index contributed by atoms with van der Waals surface area (Å²) in [5.74, 6) is 1.83. The topological polar surface area (TPSA) is 69.2 Å². The third-order valence-corrected chi connectivity index (χ3v) is 5.97. The second-order valence-electron chi connectivity index (χ2n) is 8.05. The Labute approximate surface area is 222 Å². The van der Waals surface area contributed by atoms with Gasteiger partial charge in [0, 0.05) is 10.6 Å². The summed E-state index contributed by atoms with van der Waals surface area (Å²) in [6, 6.07) is 18.2. The van der Waals surface area contributed by atoms with Gasteiger partial charge < -0.3 is 14.2 Å². The van der Waals surface area contributed by atoms with Gasteiger partial charge in [-0.3, -0.25) is 4.79 Å². The van der Waals surface area contributed by atoms with Crippen LogP contribution in [0.25, 0.3) is 0 Å². The molecule has 0 unspecified atom stereocenters. The van der Waals surface area contributed by atoms with E-state index in [0.717, 1.165) is 12.2 Å². The summed E-state index contributed by atoms with van der Waals surface area (Å²) in [5, 5.41) is 4.84. The average Bonchev–Trinajstić information content (AvgIpc) is 2.87. The lowest BCUT2D eigenvalue weighted by Gasteiger charge is -2.15. The number of carbonyl (C=O) groups is 1. The van der Waals surface area contributed by atoms with Crippen LogP contribution < -0.4 is 19.6 Å². The van der Waals surface area contributed by atoms with Gasteiger partial charge in [-0.2, -0.15) is 5.10 Å². The molecule has 0 saturated carbocycles. The number of hydrazone groups is 1. The molecule has 1 amide bonds. The highest BCUT2D eigenvalue weighted by molar-refractivity contribution is 6.32. The molecule has 0 aliphatic rings. The van der Waals surface area contributed by atoms with E-state index in [0.29, 0.717) is 51.8 Å². The Balaban J connectivity index is 1.58. The molecule has 3 rings (SSSR count).